The summed E-state index contributed by atoms with van der Waals surface area (Å²) in [6, 6.07) is 6.22. The number of ether oxygens (including phenoxy) is 1. The predicted octanol–water partition coefficient (Wildman–Crippen LogP) is 3.88. The second-order valence-electron chi connectivity index (χ2n) is 6.82. The molecule has 1 aliphatic rings. The molecule has 0 aliphatic heterocycles. The van der Waals surface area contributed by atoms with E-state index in [1.165, 1.54) is 11.3 Å². The molecule has 27 heavy (non-hydrogen) atoms. The lowest BCUT2D eigenvalue weighted by atomic mass is 10.2. The van der Waals surface area contributed by atoms with Gasteiger partial charge in [0.2, 0.25) is 0 Å². The van der Waals surface area contributed by atoms with Gasteiger partial charge in [-0.15, -0.1) is 11.3 Å². The molecular formula is C20H23N3O3S. The lowest BCUT2D eigenvalue weighted by Gasteiger charge is -2.19. The second kappa shape index (κ2) is 8.40. The maximum atomic E-state index is 12.4. The number of aromatic nitrogens is 1. The highest BCUT2D eigenvalue weighted by Crippen LogP contribution is 2.37. The predicted molar refractivity (Wildman–Crippen MR) is 104 cm³/mol. The highest BCUT2D eigenvalue weighted by Gasteiger charge is 2.26. The van der Waals surface area contributed by atoms with Crippen molar-refractivity contribution < 1.29 is 14.3 Å². The summed E-state index contributed by atoms with van der Waals surface area (Å²) in [6.07, 6.45) is 4.54. The topological polar surface area (TPSA) is 84.1 Å². The number of amides is 1. The van der Waals surface area contributed by atoms with Crippen molar-refractivity contribution in [3.05, 3.63) is 39.2 Å². The summed E-state index contributed by atoms with van der Waals surface area (Å²) in [5.74, 6) is -0.340. The Hall–Kier alpha value is -2.59. The van der Waals surface area contributed by atoms with Crippen LogP contribution in [0, 0.1) is 25.2 Å². The Morgan fingerprint density at radius 2 is 2.11 bits per heavy atom. The van der Waals surface area contributed by atoms with Crippen LogP contribution in [0.3, 0.4) is 0 Å². The molecule has 0 radical (unpaired) electrons. The molecule has 3 rings (SSSR count). The molecule has 6 nitrogen and oxygen atoms in total. The van der Waals surface area contributed by atoms with Crippen molar-refractivity contribution >= 4 is 29.0 Å². The summed E-state index contributed by atoms with van der Waals surface area (Å²) in [4.78, 5) is 25.1. The first-order valence-corrected chi connectivity index (χ1v) is 9.98. The van der Waals surface area contributed by atoms with E-state index in [0.29, 0.717) is 17.4 Å². The molecule has 0 unspecified atom stereocenters. The van der Waals surface area contributed by atoms with Crippen LogP contribution in [0.2, 0.25) is 0 Å². The summed E-state index contributed by atoms with van der Waals surface area (Å²) in [7, 11) is 0. The maximum absolute atomic E-state index is 12.4. The lowest BCUT2D eigenvalue weighted by Crippen LogP contribution is -2.24. The van der Waals surface area contributed by atoms with E-state index in [0.717, 1.165) is 41.8 Å². The molecule has 2 aromatic rings. The van der Waals surface area contributed by atoms with Crippen molar-refractivity contribution in [1.29, 1.82) is 5.26 Å². The zero-order valence-corrected chi connectivity index (χ0v) is 16.4. The Kier molecular flexibility index (Phi) is 5.97. The molecular weight excluding hydrogens is 362 g/mol. The van der Waals surface area contributed by atoms with E-state index in [2.05, 4.69) is 16.0 Å². The summed E-state index contributed by atoms with van der Waals surface area (Å²) < 4.78 is 7.16. The molecule has 0 atom stereocenters. The quantitative estimate of drug-likeness (QED) is 0.765. The minimum atomic E-state index is -0.438. The van der Waals surface area contributed by atoms with Crippen molar-refractivity contribution in [3.8, 4) is 6.07 Å². The number of hydrogen-bond donors (Lipinski definition) is 1. The molecule has 2 heterocycles. The summed E-state index contributed by atoms with van der Waals surface area (Å²) in [5, 5.41) is 14.3. The van der Waals surface area contributed by atoms with Crippen LogP contribution in [0.25, 0.3) is 0 Å². The van der Waals surface area contributed by atoms with Crippen LogP contribution in [0.15, 0.2) is 17.5 Å². The van der Waals surface area contributed by atoms with Crippen molar-refractivity contribution in [1.82, 2.24) is 4.57 Å². The molecule has 1 N–H and O–H groups in total. The van der Waals surface area contributed by atoms with E-state index in [1.807, 2.05) is 31.4 Å². The van der Waals surface area contributed by atoms with Crippen LogP contribution in [-0.2, 0) is 20.7 Å². The number of carbonyl (C=O) groups is 2. The number of esters is 1. The largest absolute Gasteiger partial charge is 0.455 e. The number of carbonyl (C=O) groups excluding carboxylic acids is 2. The second-order valence-corrected chi connectivity index (χ2v) is 7.85. The van der Waals surface area contributed by atoms with Gasteiger partial charge in [-0.1, -0.05) is 18.9 Å². The van der Waals surface area contributed by atoms with Crippen LogP contribution in [0.4, 0.5) is 5.82 Å². The van der Waals surface area contributed by atoms with Crippen molar-refractivity contribution in [2.45, 2.75) is 52.0 Å². The lowest BCUT2D eigenvalue weighted by molar-refractivity contribution is -0.146. The van der Waals surface area contributed by atoms with Gasteiger partial charge in [-0.05, 0) is 43.7 Å². The van der Waals surface area contributed by atoms with Crippen molar-refractivity contribution in [3.63, 3.8) is 0 Å². The Bertz CT molecular complexity index is 871. The fraction of sp³-hybridized carbons (Fsp3) is 0.450. The van der Waals surface area contributed by atoms with Crippen LogP contribution < -0.4 is 5.32 Å². The molecule has 7 heteroatoms. The smallest absolute Gasteiger partial charge is 0.311 e. The normalized spacial score (nSPS) is 14.1. The highest BCUT2D eigenvalue weighted by molar-refractivity contribution is 7.10. The van der Waals surface area contributed by atoms with Crippen molar-refractivity contribution in [2.24, 2.45) is 0 Å². The van der Waals surface area contributed by atoms with E-state index in [9.17, 15) is 14.9 Å². The number of nitriles is 1. The first kappa shape index (κ1) is 19.2. The monoisotopic (exact) mass is 385 g/mol. The molecule has 2 aromatic heterocycles. The number of hydrogen-bond acceptors (Lipinski definition) is 5. The summed E-state index contributed by atoms with van der Waals surface area (Å²) >= 11 is 1.47. The van der Waals surface area contributed by atoms with Crippen LogP contribution in [0.5, 0.6) is 0 Å². The number of rotatable bonds is 6. The minimum Gasteiger partial charge on any atom is -0.455 e. The molecule has 1 aliphatic carbocycles. The third-order valence-corrected chi connectivity index (χ3v) is 5.96. The Labute approximate surface area is 162 Å². The van der Waals surface area contributed by atoms with Gasteiger partial charge in [0, 0.05) is 16.6 Å². The third-order valence-electron chi connectivity index (χ3n) is 5.08. The average molecular weight is 385 g/mol. The van der Waals surface area contributed by atoms with Gasteiger partial charge in [-0.3, -0.25) is 9.59 Å². The number of nitrogens with one attached hydrogen (secondary N) is 1. The molecule has 1 saturated carbocycles. The molecule has 1 amide bonds. The van der Waals surface area contributed by atoms with Gasteiger partial charge in [0.25, 0.3) is 5.91 Å². The molecule has 0 bridgehead atoms. The van der Waals surface area contributed by atoms with Crippen LogP contribution in [-0.4, -0.2) is 23.1 Å². The molecule has 0 aromatic carbocycles. The standard InChI is InChI=1S/C20H23N3O3S/c1-13-14(2)23(15-6-3-4-7-15)20(17(13)11-21)22-18(24)12-26-19(25)10-16-8-5-9-27-16/h5,8-9,15H,3-4,6-7,10,12H2,1-2H3,(H,22,24). The Balaban J connectivity index is 1.69. The van der Waals surface area contributed by atoms with Gasteiger partial charge >= 0.3 is 5.97 Å². The van der Waals surface area contributed by atoms with Crippen LogP contribution in [0.1, 0.15) is 53.4 Å². The SMILES string of the molecule is Cc1c(C#N)c(NC(=O)COC(=O)Cc2cccs2)n(C2CCCC2)c1C. The summed E-state index contributed by atoms with van der Waals surface area (Å²) in [6.45, 7) is 3.52. The third kappa shape index (κ3) is 4.22. The zero-order valence-electron chi connectivity index (χ0n) is 15.6. The van der Waals surface area contributed by atoms with E-state index < -0.39 is 11.9 Å². The number of nitrogens with zero attached hydrogens (tertiary/aromatic N) is 2. The number of thiophene rings is 1. The fourth-order valence-corrected chi connectivity index (χ4v) is 4.32. The number of anilines is 1. The molecule has 0 spiro atoms. The van der Waals surface area contributed by atoms with Gasteiger partial charge in [0.05, 0.1) is 12.0 Å². The first-order chi connectivity index (χ1) is 13.0. The van der Waals surface area contributed by atoms with Gasteiger partial charge in [-0.2, -0.15) is 5.26 Å². The molecule has 1 fully saturated rings. The zero-order chi connectivity index (χ0) is 19.4. The van der Waals surface area contributed by atoms with Gasteiger partial charge in [0.1, 0.15) is 11.9 Å². The van der Waals surface area contributed by atoms with Crippen LogP contribution >= 0.6 is 11.3 Å². The summed E-state index contributed by atoms with van der Waals surface area (Å²) in [5.41, 5.74) is 2.37. The molecule has 142 valence electrons. The highest BCUT2D eigenvalue weighted by atomic mass is 32.1. The van der Waals surface area contributed by atoms with E-state index in [-0.39, 0.29) is 13.0 Å². The fourth-order valence-electron chi connectivity index (χ4n) is 3.63. The minimum absolute atomic E-state index is 0.158. The van der Waals surface area contributed by atoms with Gasteiger partial charge < -0.3 is 14.6 Å². The Morgan fingerprint density at radius 1 is 1.37 bits per heavy atom. The van der Waals surface area contributed by atoms with Crippen molar-refractivity contribution in [2.75, 3.05) is 11.9 Å². The Morgan fingerprint density at radius 3 is 2.74 bits per heavy atom. The van der Waals surface area contributed by atoms with Gasteiger partial charge in [0.15, 0.2) is 6.61 Å². The average Bonchev–Trinajstić information content (AvgIpc) is 3.37. The van der Waals surface area contributed by atoms with Gasteiger partial charge in [-0.25, -0.2) is 0 Å². The van der Waals surface area contributed by atoms with E-state index in [4.69, 9.17) is 4.74 Å². The maximum Gasteiger partial charge on any atom is 0.311 e. The van der Waals surface area contributed by atoms with E-state index in [1.54, 1.807) is 0 Å². The van der Waals surface area contributed by atoms with E-state index >= 15 is 0 Å². The molecule has 0 saturated heterocycles. The first-order valence-electron chi connectivity index (χ1n) is 9.10.